The Morgan fingerprint density at radius 2 is 2.33 bits per heavy atom. The molecule has 2 atom stereocenters. The van der Waals surface area contributed by atoms with E-state index < -0.39 is 0 Å². The fourth-order valence-electron chi connectivity index (χ4n) is 1.74. The Morgan fingerprint density at radius 3 is 3.07 bits per heavy atom. The second-order valence-electron chi connectivity index (χ2n) is 3.79. The Hall–Kier alpha value is -0.380. The van der Waals surface area contributed by atoms with E-state index in [2.05, 4.69) is 23.6 Å². The summed E-state index contributed by atoms with van der Waals surface area (Å²) in [6, 6.07) is 6.50. The van der Waals surface area contributed by atoms with Crippen LogP contribution in [0.2, 0.25) is 5.02 Å². The minimum Gasteiger partial charge on any atom is -0.381 e. The molecule has 1 aromatic carbocycles. The summed E-state index contributed by atoms with van der Waals surface area (Å²) >= 11 is 7.88. The number of hydrogen-bond donors (Lipinski definition) is 2. The van der Waals surface area contributed by atoms with Crippen LogP contribution in [-0.4, -0.2) is 24.9 Å². The molecule has 4 heteroatoms. The number of fused-ring (bicyclic) bond motifs is 1. The molecule has 0 fully saturated rings. The highest BCUT2D eigenvalue weighted by atomic mass is 35.5. The average Bonchev–Trinajstić information content (AvgIpc) is 2.20. The van der Waals surface area contributed by atoms with Gasteiger partial charge in [-0.25, -0.2) is 0 Å². The third kappa shape index (κ3) is 2.41. The first-order valence-electron chi connectivity index (χ1n) is 5.08. The van der Waals surface area contributed by atoms with Crippen molar-refractivity contribution in [2.75, 3.05) is 18.9 Å². The molecule has 82 valence electrons. The highest BCUT2D eigenvalue weighted by Crippen LogP contribution is 2.38. The summed E-state index contributed by atoms with van der Waals surface area (Å²) < 4.78 is 0. The molecule has 1 aliphatic rings. The van der Waals surface area contributed by atoms with Gasteiger partial charge in [0.25, 0.3) is 0 Å². The zero-order chi connectivity index (χ0) is 10.8. The van der Waals surface area contributed by atoms with Crippen molar-refractivity contribution in [1.29, 1.82) is 0 Å². The van der Waals surface area contributed by atoms with E-state index in [0.29, 0.717) is 11.3 Å². The van der Waals surface area contributed by atoms with Crippen LogP contribution in [0.1, 0.15) is 6.92 Å². The lowest BCUT2D eigenvalue weighted by atomic mass is 10.2. The first kappa shape index (κ1) is 11.1. The van der Waals surface area contributed by atoms with E-state index in [1.165, 1.54) is 10.6 Å². The van der Waals surface area contributed by atoms with Crippen LogP contribution in [0.25, 0.3) is 0 Å². The van der Waals surface area contributed by atoms with Crippen molar-refractivity contribution in [1.82, 2.24) is 5.32 Å². The van der Waals surface area contributed by atoms with Gasteiger partial charge >= 0.3 is 0 Å². The molecule has 0 radical (unpaired) electrons. The molecular weight excluding hydrogens is 228 g/mol. The van der Waals surface area contributed by atoms with Gasteiger partial charge in [-0.05, 0) is 32.2 Å². The maximum absolute atomic E-state index is 5.98. The van der Waals surface area contributed by atoms with Gasteiger partial charge in [0.15, 0.2) is 0 Å². The number of hydrogen-bond acceptors (Lipinski definition) is 3. The van der Waals surface area contributed by atoms with E-state index in [4.69, 9.17) is 11.6 Å². The molecule has 2 unspecified atom stereocenters. The second-order valence-corrected chi connectivity index (χ2v) is 5.50. The van der Waals surface area contributed by atoms with Crippen LogP contribution in [0.4, 0.5) is 5.69 Å². The minimum atomic E-state index is 0.483. The Bertz CT molecular complexity index is 356. The maximum atomic E-state index is 5.98. The van der Waals surface area contributed by atoms with E-state index in [-0.39, 0.29) is 0 Å². The maximum Gasteiger partial charge on any atom is 0.0481 e. The van der Waals surface area contributed by atoms with Crippen molar-refractivity contribution >= 4 is 29.1 Å². The molecular formula is C11H15ClN2S. The summed E-state index contributed by atoms with van der Waals surface area (Å²) in [5.41, 5.74) is 1.20. The molecule has 0 aromatic heterocycles. The normalized spacial score (nSPS) is 24.5. The zero-order valence-corrected chi connectivity index (χ0v) is 10.5. The van der Waals surface area contributed by atoms with Crippen molar-refractivity contribution < 1.29 is 0 Å². The van der Waals surface area contributed by atoms with E-state index in [0.717, 1.165) is 11.6 Å². The van der Waals surface area contributed by atoms with Gasteiger partial charge in [0.1, 0.15) is 0 Å². The number of benzene rings is 1. The van der Waals surface area contributed by atoms with Crippen LogP contribution in [0.3, 0.4) is 0 Å². The Morgan fingerprint density at radius 1 is 1.53 bits per heavy atom. The quantitative estimate of drug-likeness (QED) is 0.834. The summed E-state index contributed by atoms with van der Waals surface area (Å²) in [5, 5.41) is 8.08. The molecule has 1 aromatic rings. The average molecular weight is 243 g/mol. The van der Waals surface area contributed by atoms with Crippen molar-refractivity contribution in [3.05, 3.63) is 23.2 Å². The van der Waals surface area contributed by atoms with Crippen LogP contribution in [-0.2, 0) is 0 Å². The van der Waals surface area contributed by atoms with Gasteiger partial charge in [-0.2, -0.15) is 0 Å². The van der Waals surface area contributed by atoms with Crippen molar-refractivity contribution in [2.45, 2.75) is 23.1 Å². The molecule has 0 saturated carbocycles. The summed E-state index contributed by atoms with van der Waals surface area (Å²) in [5.74, 6) is 0. The lowest BCUT2D eigenvalue weighted by Crippen LogP contribution is -2.38. The molecule has 0 spiro atoms. The molecule has 15 heavy (non-hydrogen) atoms. The van der Waals surface area contributed by atoms with Gasteiger partial charge in [-0.15, -0.1) is 11.8 Å². The van der Waals surface area contributed by atoms with Gasteiger partial charge in [0.2, 0.25) is 0 Å². The summed E-state index contributed by atoms with van der Waals surface area (Å²) in [6.07, 6.45) is 0. The van der Waals surface area contributed by atoms with Gasteiger partial charge in [-0.1, -0.05) is 11.6 Å². The molecule has 2 rings (SSSR count). The number of halogens is 1. The van der Waals surface area contributed by atoms with E-state index in [9.17, 15) is 0 Å². The van der Waals surface area contributed by atoms with E-state index in [1.807, 2.05) is 30.9 Å². The first-order chi connectivity index (χ1) is 7.20. The zero-order valence-electron chi connectivity index (χ0n) is 8.88. The van der Waals surface area contributed by atoms with Crippen LogP contribution < -0.4 is 10.6 Å². The monoisotopic (exact) mass is 242 g/mol. The standard InChI is InChI=1S/C11H15ClN2S/c1-7-11(6-13-2)15-10-5-8(12)3-4-9(10)14-7/h3-5,7,11,13-14H,6H2,1-2H3. The molecule has 0 saturated heterocycles. The molecule has 0 amide bonds. The lowest BCUT2D eigenvalue weighted by Gasteiger charge is -2.31. The van der Waals surface area contributed by atoms with E-state index in [1.54, 1.807) is 0 Å². The summed E-state index contributed by atoms with van der Waals surface area (Å²) in [4.78, 5) is 1.25. The highest BCUT2D eigenvalue weighted by Gasteiger charge is 2.24. The largest absolute Gasteiger partial charge is 0.381 e. The highest BCUT2D eigenvalue weighted by molar-refractivity contribution is 8.00. The molecule has 0 bridgehead atoms. The van der Waals surface area contributed by atoms with Crippen molar-refractivity contribution in [2.24, 2.45) is 0 Å². The number of anilines is 1. The second kappa shape index (κ2) is 4.64. The van der Waals surface area contributed by atoms with Crippen molar-refractivity contribution in [3.8, 4) is 0 Å². The Balaban J connectivity index is 2.22. The summed E-state index contributed by atoms with van der Waals surface area (Å²) in [7, 11) is 1.99. The lowest BCUT2D eigenvalue weighted by molar-refractivity contribution is 0.665. The summed E-state index contributed by atoms with van der Waals surface area (Å²) in [6.45, 7) is 3.22. The fourth-order valence-corrected chi connectivity index (χ4v) is 3.27. The molecule has 1 heterocycles. The molecule has 2 N–H and O–H groups in total. The molecule has 1 aliphatic heterocycles. The van der Waals surface area contributed by atoms with Crippen molar-refractivity contribution in [3.63, 3.8) is 0 Å². The third-order valence-corrected chi connectivity index (χ3v) is 4.27. The first-order valence-corrected chi connectivity index (χ1v) is 6.34. The van der Waals surface area contributed by atoms with Crippen LogP contribution in [0, 0.1) is 0 Å². The predicted octanol–water partition coefficient (Wildman–Crippen LogP) is 2.83. The SMILES string of the molecule is CNCC1Sc2cc(Cl)ccc2NC1C. The van der Waals surface area contributed by atoms with Gasteiger partial charge in [0, 0.05) is 33.4 Å². The molecule has 0 aliphatic carbocycles. The topological polar surface area (TPSA) is 24.1 Å². The van der Waals surface area contributed by atoms with Crippen LogP contribution >= 0.6 is 23.4 Å². The van der Waals surface area contributed by atoms with Gasteiger partial charge in [0.05, 0.1) is 0 Å². The van der Waals surface area contributed by atoms with Crippen LogP contribution in [0.15, 0.2) is 23.1 Å². The third-order valence-electron chi connectivity index (χ3n) is 2.57. The van der Waals surface area contributed by atoms with E-state index >= 15 is 0 Å². The Kier molecular flexibility index (Phi) is 3.44. The number of thioether (sulfide) groups is 1. The van der Waals surface area contributed by atoms with Gasteiger partial charge in [-0.3, -0.25) is 0 Å². The fraction of sp³-hybridized carbons (Fsp3) is 0.455. The van der Waals surface area contributed by atoms with Crippen LogP contribution in [0.5, 0.6) is 0 Å². The minimum absolute atomic E-state index is 0.483. The Labute approximate surface area is 99.8 Å². The van der Waals surface area contributed by atoms with Gasteiger partial charge < -0.3 is 10.6 Å². The smallest absolute Gasteiger partial charge is 0.0481 e. The number of rotatable bonds is 2. The number of nitrogens with one attached hydrogen (secondary N) is 2. The molecule has 2 nitrogen and oxygen atoms in total. The predicted molar refractivity (Wildman–Crippen MR) is 68.1 cm³/mol.